The first-order chi connectivity index (χ1) is 11.9. The summed E-state index contributed by atoms with van der Waals surface area (Å²) in [4.78, 5) is 11.6. The van der Waals surface area contributed by atoms with E-state index in [0.717, 1.165) is 11.3 Å². The zero-order chi connectivity index (χ0) is 18.1. The van der Waals surface area contributed by atoms with Gasteiger partial charge in [0.2, 0.25) is 0 Å². The van der Waals surface area contributed by atoms with Gasteiger partial charge < -0.3 is 19.5 Å². The van der Waals surface area contributed by atoms with Crippen molar-refractivity contribution in [2.75, 3.05) is 0 Å². The zero-order valence-electron chi connectivity index (χ0n) is 14.5. The van der Waals surface area contributed by atoms with Crippen LogP contribution in [0, 0.1) is 0 Å². The molecule has 1 heterocycles. The molecule has 0 aliphatic rings. The number of phenolic OH excluding ortho intramolecular Hbond substituents is 2. The van der Waals surface area contributed by atoms with E-state index in [4.69, 9.17) is 4.74 Å². The van der Waals surface area contributed by atoms with Gasteiger partial charge in [0.1, 0.15) is 11.5 Å². The van der Waals surface area contributed by atoms with Crippen molar-refractivity contribution in [1.29, 1.82) is 0 Å². The summed E-state index contributed by atoms with van der Waals surface area (Å²) in [7, 11) is 0. The molecule has 5 heteroatoms. The van der Waals surface area contributed by atoms with E-state index >= 15 is 0 Å². The lowest BCUT2D eigenvalue weighted by Crippen LogP contribution is -2.09. The van der Waals surface area contributed by atoms with Crippen molar-refractivity contribution >= 4 is 16.9 Å². The second kappa shape index (κ2) is 6.51. The number of carbonyl (C=O) groups excluding carboxylic acids is 1. The normalized spacial score (nSPS) is 11.2. The number of ether oxygens (including phenoxy) is 1. The highest BCUT2D eigenvalue weighted by molar-refractivity contribution is 5.94. The number of benzene rings is 2. The number of nitrogens with zero attached hydrogens (tertiary/aromatic N) is 1. The number of aromatic nitrogens is 1. The average Bonchev–Trinajstić information content (AvgIpc) is 2.84. The molecule has 25 heavy (non-hydrogen) atoms. The fourth-order valence-electron chi connectivity index (χ4n) is 3.18. The number of phenols is 2. The number of hydrogen-bond acceptors (Lipinski definition) is 4. The van der Waals surface area contributed by atoms with Gasteiger partial charge in [0.25, 0.3) is 0 Å². The van der Waals surface area contributed by atoms with Crippen molar-refractivity contribution in [3.05, 3.63) is 53.7 Å². The fourth-order valence-corrected chi connectivity index (χ4v) is 3.18. The van der Waals surface area contributed by atoms with Gasteiger partial charge in [-0.05, 0) is 24.1 Å². The Morgan fingerprint density at radius 2 is 1.76 bits per heavy atom. The van der Waals surface area contributed by atoms with Crippen LogP contribution in [-0.4, -0.2) is 20.7 Å². The maximum absolute atomic E-state index is 11.6. The van der Waals surface area contributed by atoms with Gasteiger partial charge in [0.15, 0.2) is 5.75 Å². The van der Waals surface area contributed by atoms with E-state index in [2.05, 4.69) is 0 Å². The van der Waals surface area contributed by atoms with E-state index in [1.165, 1.54) is 6.92 Å². The molecule has 3 rings (SSSR count). The van der Waals surface area contributed by atoms with Crippen LogP contribution in [0.2, 0.25) is 0 Å². The maximum Gasteiger partial charge on any atom is 0.308 e. The van der Waals surface area contributed by atoms with E-state index in [1.807, 2.05) is 36.6 Å². The van der Waals surface area contributed by atoms with Crippen LogP contribution in [0.15, 0.2) is 42.5 Å². The zero-order valence-corrected chi connectivity index (χ0v) is 14.5. The van der Waals surface area contributed by atoms with Gasteiger partial charge in [0, 0.05) is 17.9 Å². The van der Waals surface area contributed by atoms with Crippen molar-refractivity contribution in [3.63, 3.8) is 0 Å². The third-order valence-electron chi connectivity index (χ3n) is 4.17. The molecular weight excluding hydrogens is 318 g/mol. The summed E-state index contributed by atoms with van der Waals surface area (Å²) in [5.41, 5.74) is 2.11. The van der Waals surface area contributed by atoms with E-state index in [1.54, 1.807) is 24.3 Å². The third-order valence-corrected chi connectivity index (χ3v) is 4.17. The SMILES string of the molecule is CC(=O)Oc1c(C(C)C)n(Cc2ccccc2O)c2c(O)cccc12. The molecule has 3 aromatic rings. The molecule has 0 amide bonds. The van der Waals surface area contributed by atoms with Crippen molar-refractivity contribution < 1.29 is 19.7 Å². The number of hydrogen-bond donors (Lipinski definition) is 2. The fraction of sp³-hybridized carbons (Fsp3) is 0.250. The average molecular weight is 339 g/mol. The van der Waals surface area contributed by atoms with E-state index in [0.29, 0.717) is 23.2 Å². The molecule has 2 N–H and O–H groups in total. The predicted molar refractivity (Wildman–Crippen MR) is 96.2 cm³/mol. The summed E-state index contributed by atoms with van der Waals surface area (Å²) in [6.07, 6.45) is 0. The highest BCUT2D eigenvalue weighted by Crippen LogP contribution is 2.42. The summed E-state index contributed by atoms with van der Waals surface area (Å²) in [6, 6.07) is 12.2. The Kier molecular flexibility index (Phi) is 4.40. The molecule has 0 bridgehead atoms. The summed E-state index contributed by atoms with van der Waals surface area (Å²) in [5.74, 6) is 0.388. The van der Waals surface area contributed by atoms with Crippen molar-refractivity contribution in [1.82, 2.24) is 4.57 Å². The summed E-state index contributed by atoms with van der Waals surface area (Å²) in [5, 5.41) is 21.2. The van der Waals surface area contributed by atoms with Gasteiger partial charge in [-0.15, -0.1) is 0 Å². The molecule has 0 aliphatic carbocycles. The molecule has 0 spiro atoms. The van der Waals surface area contributed by atoms with Crippen molar-refractivity contribution in [2.45, 2.75) is 33.2 Å². The molecule has 0 radical (unpaired) electrons. The minimum Gasteiger partial charge on any atom is -0.508 e. The van der Waals surface area contributed by atoms with E-state index < -0.39 is 5.97 Å². The molecule has 0 fully saturated rings. The van der Waals surface area contributed by atoms with Gasteiger partial charge in [-0.25, -0.2) is 0 Å². The van der Waals surface area contributed by atoms with Gasteiger partial charge in [-0.1, -0.05) is 38.1 Å². The number of aromatic hydroxyl groups is 2. The molecule has 0 saturated heterocycles. The first-order valence-corrected chi connectivity index (χ1v) is 8.19. The van der Waals surface area contributed by atoms with Crippen LogP contribution in [0.25, 0.3) is 10.9 Å². The molecule has 130 valence electrons. The predicted octanol–water partition coefficient (Wildman–Crippen LogP) is 4.15. The molecule has 1 aromatic heterocycles. The first-order valence-electron chi connectivity index (χ1n) is 8.19. The molecule has 0 saturated carbocycles. The van der Waals surface area contributed by atoms with Crippen LogP contribution in [0.4, 0.5) is 0 Å². The second-order valence-electron chi connectivity index (χ2n) is 6.35. The lowest BCUT2D eigenvalue weighted by atomic mass is 10.1. The second-order valence-corrected chi connectivity index (χ2v) is 6.35. The largest absolute Gasteiger partial charge is 0.508 e. The van der Waals surface area contributed by atoms with Crippen LogP contribution in [0.5, 0.6) is 17.2 Å². The van der Waals surface area contributed by atoms with Crippen LogP contribution in [-0.2, 0) is 11.3 Å². The Bertz CT molecular complexity index is 940. The summed E-state index contributed by atoms with van der Waals surface area (Å²) < 4.78 is 7.40. The van der Waals surface area contributed by atoms with Crippen LogP contribution < -0.4 is 4.74 Å². The van der Waals surface area contributed by atoms with Crippen LogP contribution >= 0.6 is 0 Å². The molecule has 2 aromatic carbocycles. The number of carbonyl (C=O) groups is 1. The van der Waals surface area contributed by atoms with Gasteiger partial charge in [-0.2, -0.15) is 0 Å². The number of rotatable bonds is 4. The Morgan fingerprint density at radius 1 is 1.08 bits per heavy atom. The highest BCUT2D eigenvalue weighted by Gasteiger charge is 2.24. The smallest absolute Gasteiger partial charge is 0.308 e. The monoisotopic (exact) mass is 339 g/mol. The summed E-state index contributed by atoms with van der Waals surface area (Å²) in [6.45, 7) is 5.72. The maximum atomic E-state index is 11.6. The van der Waals surface area contributed by atoms with E-state index in [9.17, 15) is 15.0 Å². The molecule has 0 unspecified atom stereocenters. The number of para-hydroxylation sites is 2. The number of fused-ring (bicyclic) bond motifs is 1. The first kappa shape index (κ1) is 16.9. The minimum absolute atomic E-state index is 0.0482. The van der Waals surface area contributed by atoms with Gasteiger partial charge >= 0.3 is 5.97 Å². The van der Waals surface area contributed by atoms with Gasteiger partial charge in [-0.3, -0.25) is 4.79 Å². The lowest BCUT2D eigenvalue weighted by molar-refractivity contribution is -0.131. The Balaban J connectivity index is 2.30. The Hall–Kier alpha value is -2.95. The third kappa shape index (κ3) is 3.05. The van der Waals surface area contributed by atoms with Crippen LogP contribution in [0.3, 0.4) is 0 Å². The molecule has 0 atom stereocenters. The Morgan fingerprint density at radius 3 is 2.40 bits per heavy atom. The lowest BCUT2D eigenvalue weighted by Gasteiger charge is -2.15. The summed E-state index contributed by atoms with van der Waals surface area (Å²) >= 11 is 0. The van der Waals surface area contributed by atoms with Crippen molar-refractivity contribution in [2.24, 2.45) is 0 Å². The van der Waals surface area contributed by atoms with E-state index in [-0.39, 0.29) is 17.4 Å². The molecular formula is C20H21NO4. The Labute approximate surface area is 146 Å². The molecule has 5 nitrogen and oxygen atoms in total. The minimum atomic E-state index is -0.410. The van der Waals surface area contributed by atoms with Crippen LogP contribution in [0.1, 0.15) is 37.9 Å². The number of esters is 1. The van der Waals surface area contributed by atoms with Gasteiger partial charge in [0.05, 0.1) is 17.8 Å². The topological polar surface area (TPSA) is 71.7 Å². The van der Waals surface area contributed by atoms with Crippen molar-refractivity contribution in [3.8, 4) is 17.2 Å². The molecule has 0 aliphatic heterocycles. The quantitative estimate of drug-likeness (QED) is 0.701. The highest BCUT2D eigenvalue weighted by atomic mass is 16.5. The standard InChI is InChI=1S/C20H21NO4/c1-12(2)18-20(25-13(3)22)15-8-6-10-17(24)19(15)21(18)11-14-7-4-5-9-16(14)23/h4-10,12,23-24H,11H2,1-3H3.